The number of nitrogens with zero attached hydrogens (tertiary/aromatic N) is 2. The van der Waals surface area contributed by atoms with Gasteiger partial charge in [-0.1, -0.05) is 49.3 Å². The molecule has 1 aromatic heterocycles. The van der Waals surface area contributed by atoms with Gasteiger partial charge >= 0.3 is 0 Å². The van der Waals surface area contributed by atoms with Crippen LogP contribution in [0.15, 0.2) is 39.8 Å². The molecule has 2 aromatic rings. The van der Waals surface area contributed by atoms with Gasteiger partial charge in [-0.15, -0.1) is 24.0 Å². The molecule has 2 N–H and O–H groups in total. The van der Waals surface area contributed by atoms with Gasteiger partial charge in [0.15, 0.2) is 5.96 Å². The van der Waals surface area contributed by atoms with E-state index in [2.05, 4.69) is 65.0 Å². The lowest BCUT2D eigenvalue weighted by molar-refractivity contribution is 0.389. The Kier molecular flexibility index (Phi) is 9.83. The summed E-state index contributed by atoms with van der Waals surface area (Å²) in [7, 11) is 1.81. The van der Waals surface area contributed by atoms with Crippen molar-refractivity contribution in [3.05, 3.63) is 52.9 Å². The van der Waals surface area contributed by atoms with Gasteiger partial charge in [0.2, 0.25) is 0 Å². The number of rotatable bonds is 8. The summed E-state index contributed by atoms with van der Waals surface area (Å²) in [5.41, 5.74) is 3.63. The highest BCUT2D eigenvalue weighted by molar-refractivity contribution is 14.0. The first-order valence-electron chi connectivity index (χ1n) is 9.48. The second kappa shape index (κ2) is 11.3. The lowest BCUT2D eigenvalue weighted by atomic mass is 9.76. The van der Waals surface area contributed by atoms with Crippen molar-refractivity contribution in [3.63, 3.8) is 0 Å². The van der Waals surface area contributed by atoms with Crippen molar-refractivity contribution in [1.82, 2.24) is 15.8 Å². The molecule has 1 aromatic carbocycles. The van der Waals surface area contributed by atoms with Gasteiger partial charge in [0, 0.05) is 31.1 Å². The van der Waals surface area contributed by atoms with E-state index < -0.39 is 0 Å². The zero-order chi connectivity index (χ0) is 19.0. The smallest absolute Gasteiger partial charge is 0.191 e. The monoisotopic (exact) mass is 484 g/mol. The molecule has 27 heavy (non-hydrogen) atoms. The zero-order valence-corrected chi connectivity index (χ0v) is 19.5. The van der Waals surface area contributed by atoms with Gasteiger partial charge in [-0.2, -0.15) is 0 Å². The first-order chi connectivity index (χ1) is 12.6. The Bertz CT molecular complexity index is 689. The van der Waals surface area contributed by atoms with E-state index in [-0.39, 0.29) is 29.4 Å². The number of guanidine groups is 1. The highest BCUT2D eigenvalue weighted by Crippen LogP contribution is 2.30. The van der Waals surface area contributed by atoms with Crippen LogP contribution in [0.3, 0.4) is 0 Å². The van der Waals surface area contributed by atoms with Crippen molar-refractivity contribution in [1.29, 1.82) is 0 Å². The maximum Gasteiger partial charge on any atom is 0.191 e. The van der Waals surface area contributed by atoms with Crippen molar-refractivity contribution in [3.8, 4) is 0 Å². The Balaban J connectivity index is 0.00000364. The van der Waals surface area contributed by atoms with Crippen LogP contribution in [-0.4, -0.2) is 31.3 Å². The Morgan fingerprint density at radius 2 is 1.78 bits per heavy atom. The average molecular weight is 484 g/mol. The van der Waals surface area contributed by atoms with Crippen molar-refractivity contribution in [2.45, 2.75) is 52.4 Å². The summed E-state index contributed by atoms with van der Waals surface area (Å²) in [4.78, 5) is 4.37. The largest absolute Gasteiger partial charge is 0.361 e. The lowest BCUT2D eigenvalue weighted by Gasteiger charge is -2.33. The minimum atomic E-state index is 0. The third-order valence-electron chi connectivity index (χ3n) is 5.41. The van der Waals surface area contributed by atoms with Gasteiger partial charge in [-0.05, 0) is 38.7 Å². The van der Waals surface area contributed by atoms with Crippen molar-refractivity contribution >= 4 is 29.9 Å². The van der Waals surface area contributed by atoms with Crippen LogP contribution >= 0.6 is 24.0 Å². The van der Waals surface area contributed by atoms with E-state index in [1.165, 1.54) is 11.1 Å². The fraction of sp³-hybridized carbons (Fsp3) is 0.524. The SMILES string of the molecule is CCC(CC)(CNC(=NC)NCCc1c(C)noc1C)c1ccccc1.I. The van der Waals surface area contributed by atoms with Crippen LogP contribution < -0.4 is 10.6 Å². The maximum atomic E-state index is 5.23. The van der Waals surface area contributed by atoms with Gasteiger partial charge in [0.1, 0.15) is 5.76 Å². The minimum absolute atomic E-state index is 0. The standard InChI is InChI=1S/C21H32N4O.HI/c1-6-21(7-2,18-11-9-8-10-12-18)15-24-20(22-5)23-14-13-19-16(3)25-26-17(19)4;/h8-12H,6-7,13-15H2,1-5H3,(H2,22,23,24);1H. The van der Waals surface area contributed by atoms with Crippen molar-refractivity contribution in [2.75, 3.05) is 20.1 Å². The van der Waals surface area contributed by atoms with E-state index in [4.69, 9.17) is 4.52 Å². The number of hydrogen-bond donors (Lipinski definition) is 2. The van der Waals surface area contributed by atoms with Crippen LogP contribution in [0.5, 0.6) is 0 Å². The number of hydrogen-bond acceptors (Lipinski definition) is 3. The van der Waals surface area contributed by atoms with Crippen molar-refractivity contribution < 1.29 is 4.52 Å². The quantitative estimate of drug-likeness (QED) is 0.332. The van der Waals surface area contributed by atoms with Crippen LogP contribution in [0.25, 0.3) is 0 Å². The summed E-state index contributed by atoms with van der Waals surface area (Å²) in [6, 6.07) is 10.8. The summed E-state index contributed by atoms with van der Waals surface area (Å²) in [5.74, 6) is 1.73. The summed E-state index contributed by atoms with van der Waals surface area (Å²) in [5, 5.41) is 10.9. The molecule has 0 aliphatic heterocycles. The fourth-order valence-electron chi connectivity index (χ4n) is 3.44. The molecule has 0 fully saturated rings. The molecular weight excluding hydrogens is 451 g/mol. The number of nitrogens with one attached hydrogen (secondary N) is 2. The van der Waals surface area contributed by atoms with Crippen LogP contribution in [0.4, 0.5) is 0 Å². The van der Waals surface area contributed by atoms with E-state index in [1.807, 2.05) is 20.9 Å². The molecule has 6 heteroatoms. The molecule has 0 saturated heterocycles. The summed E-state index contributed by atoms with van der Waals surface area (Å²) < 4.78 is 5.23. The number of aliphatic imine (C=N–C) groups is 1. The Morgan fingerprint density at radius 3 is 2.30 bits per heavy atom. The van der Waals surface area contributed by atoms with E-state index in [9.17, 15) is 0 Å². The summed E-state index contributed by atoms with van der Waals surface area (Å²) in [6.45, 7) is 10.1. The minimum Gasteiger partial charge on any atom is -0.361 e. The first-order valence-corrected chi connectivity index (χ1v) is 9.48. The van der Waals surface area contributed by atoms with Gasteiger partial charge in [0.25, 0.3) is 0 Å². The topological polar surface area (TPSA) is 62.5 Å². The third-order valence-corrected chi connectivity index (χ3v) is 5.41. The number of benzene rings is 1. The Hall–Kier alpha value is -1.57. The lowest BCUT2D eigenvalue weighted by Crippen LogP contribution is -2.45. The molecular formula is C21H33IN4O. The molecule has 2 rings (SSSR count). The van der Waals surface area contributed by atoms with Gasteiger partial charge in [-0.25, -0.2) is 0 Å². The molecule has 0 aliphatic carbocycles. The molecule has 150 valence electrons. The van der Waals surface area contributed by atoms with E-state index in [0.717, 1.165) is 49.8 Å². The highest BCUT2D eigenvalue weighted by Gasteiger charge is 2.28. The second-order valence-electron chi connectivity index (χ2n) is 6.76. The normalized spacial score (nSPS) is 11.8. The first kappa shape index (κ1) is 23.5. The zero-order valence-electron chi connectivity index (χ0n) is 17.1. The number of aryl methyl sites for hydroxylation is 2. The second-order valence-corrected chi connectivity index (χ2v) is 6.76. The van der Waals surface area contributed by atoms with Crippen LogP contribution in [0.1, 0.15) is 49.3 Å². The van der Waals surface area contributed by atoms with E-state index >= 15 is 0 Å². The highest BCUT2D eigenvalue weighted by atomic mass is 127. The van der Waals surface area contributed by atoms with Gasteiger partial charge in [0.05, 0.1) is 5.69 Å². The number of aromatic nitrogens is 1. The average Bonchev–Trinajstić information content (AvgIpc) is 3.00. The molecule has 0 atom stereocenters. The fourth-order valence-corrected chi connectivity index (χ4v) is 3.44. The molecule has 0 radical (unpaired) electrons. The molecule has 5 nitrogen and oxygen atoms in total. The van der Waals surface area contributed by atoms with Crippen LogP contribution in [0, 0.1) is 13.8 Å². The summed E-state index contributed by atoms with van der Waals surface area (Å²) >= 11 is 0. The Morgan fingerprint density at radius 1 is 1.11 bits per heavy atom. The molecule has 0 amide bonds. The third kappa shape index (κ3) is 5.96. The van der Waals surface area contributed by atoms with Gasteiger partial charge in [-0.3, -0.25) is 4.99 Å². The van der Waals surface area contributed by atoms with E-state index in [0.29, 0.717) is 0 Å². The van der Waals surface area contributed by atoms with Crippen LogP contribution in [-0.2, 0) is 11.8 Å². The van der Waals surface area contributed by atoms with E-state index in [1.54, 1.807) is 0 Å². The predicted molar refractivity (Wildman–Crippen MR) is 123 cm³/mol. The molecule has 0 unspecified atom stereocenters. The van der Waals surface area contributed by atoms with Crippen LogP contribution in [0.2, 0.25) is 0 Å². The van der Waals surface area contributed by atoms with Gasteiger partial charge < -0.3 is 15.2 Å². The Labute approximate surface area is 180 Å². The summed E-state index contributed by atoms with van der Waals surface area (Å²) in [6.07, 6.45) is 3.03. The van der Waals surface area contributed by atoms with Crippen molar-refractivity contribution in [2.24, 2.45) is 4.99 Å². The number of halogens is 1. The molecule has 0 bridgehead atoms. The molecule has 0 saturated carbocycles. The molecule has 0 spiro atoms. The predicted octanol–water partition coefficient (Wildman–Crippen LogP) is 4.37. The maximum absolute atomic E-state index is 5.23. The molecule has 1 heterocycles. The molecule has 0 aliphatic rings.